The summed E-state index contributed by atoms with van der Waals surface area (Å²) in [5.41, 5.74) is -0.210. The Morgan fingerprint density at radius 3 is 2.64 bits per heavy atom. The van der Waals surface area contributed by atoms with Gasteiger partial charge in [0.05, 0.1) is 5.56 Å². The van der Waals surface area contributed by atoms with Crippen molar-refractivity contribution in [3.05, 3.63) is 47.3 Å². The lowest BCUT2D eigenvalue weighted by Crippen LogP contribution is -2.18. The predicted octanol–water partition coefficient (Wildman–Crippen LogP) is 4.67. The monoisotopic (exact) mass is 353 g/mol. The first kappa shape index (κ1) is 19.0. The summed E-state index contributed by atoms with van der Waals surface area (Å²) < 4.78 is 40.1. The lowest BCUT2D eigenvalue weighted by molar-refractivity contribution is -0.141. The van der Waals surface area contributed by atoms with Crippen LogP contribution in [-0.2, 0) is 19.6 Å². The van der Waals surface area contributed by atoms with E-state index in [-0.39, 0.29) is 0 Å². The molecule has 0 aliphatic heterocycles. The molecule has 2 aromatic rings. The molecule has 1 aromatic carbocycles. The van der Waals surface area contributed by atoms with Crippen molar-refractivity contribution in [3.63, 3.8) is 0 Å². The third-order valence-electron chi connectivity index (χ3n) is 4.21. The standard InChI is InChI=1S/C18H22F3N3O/c1-4-12(2)9-10-13-7-5-6-8-15(13)22-17(25)14-11-24(3)23-16(14)18(19,20)21/h5-8,11-12H,4,9-10H2,1-3H3,(H,22,25). The van der Waals surface area contributed by atoms with E-state index in [1.54, 1.807) is 12.1 Å². The number of anilines is 1. The normalized spacial score (nSPS) is 12.9. The summed E-state index contributed by atoms with van der Waals surface area (Å²) in [4.78, 5) is 12.4. The molecule has 0 aliphatic rings. The number of carbonyl (C=O) groups is 1. The zero-order chi connectivity index (χ0) is 18.6. The van der Waals surface area contributed by atoms with Crippen molar-refractivity contribution >= 4 is 11.6 Å². The summed E-state index contributed by atoms with van der Waals surface area (Å²) in [6.45, 7) is 4.26. The number of nitrogens with one attached hydrogen (secondary N) is 1. The first-order valence-corrected chi connectivity index (χ1v) is 8.22. The summed E-state index contributed by atoms with van der Waals surface area (Å²) in [5, 5.41) is 5.97. The number of aromatic nitrogens is 2. The Labute approximate surface area is 145 Å². The third-order valence-corrected chi connectivity index (χ3v) is 4.21. The molecule has 136 valence electrons. The summed E-state index contributed by atoms with van der Waals surface area (Å²) in [6.07, 6.45) is -0.836. The molecule has 1 amide bonds. The summed E-state index contributed by atoms with van der Waals surface area (Å²) in [7, 11) is 1.35. The molecule has 0 spiro atoms. The Balaban J connectivity index is 2.22. The number of aryl methyl sites for hydroxylation is 2. The van der Waals surface area contributed by atoms with Crippen LogP contribution in [0.5, 0.6) is 0 Å². The molecule has 4 nitrogen and oxygen atoms in total. The smallest absolute Gasteiger partial charge is 0.322 e. The molecule has 0 saturated carbocycles. The van der Waals surface area contributed by atoms with Crippen LogP contribution < -0.4 is 5.32 Å². The summed E-state index contributed by atoms with van der Waals surface area (Å²) in [5.74, 6) is -0.268. The van der Waals surface area contributed by atoms with E-state index in [0.29, 0.717) is 11.6 Å². The van der Waals surface area contributed by atoms with E-state index >= 15 is 0 Å². The molecule has 1 unspecified atom stereocenters. The topological polar surface area (TPSA) is 46.9 Å². The molecule has 0 aliphatic carbocycles. The molecule has 1 atom stereocenters. The SMILES string of the molecule is CCC(C)CCc1ccccc1NC(=O)c1cn(C)nc1C(F)(F)F. The first-order chi connectivity index (χ1) is 11.7. The van der Waals surface area contributed by atoms with E-state index < -0.39 is 23.3 Å². The quantitative estimate of drug-likeness (QED) is 0.820. The first-order valence-electron chi connectivity index (χ1n) is 8.22. The van der Waals surface area contributed by atoms with E-state index in [4.69, 9.17) is 0 Å². The summed E-state index contributed by atoms with van der Waals surface area (Å²) >= 11 is 0. The van der Waals surface area contributed by atoms with E-state index in [1.165, 1.54) is 7.05 Å². The van der Waals surface area contributed by atoms with Gasteiger partial charge in [0.25, 0.3) is 5.91 Å². The molecule has 1 heterocycles. The highest BCUT2D eigenvalue weighted by Crippen LogP contribution is 2.31. The minimum Gasteiger partial charge on any atom is -0.322 e. The third kappa shape index (κ3) is 4.84. The van der Waals surface area contributed by atoms with Crippen LogP contribution in [0.15, 0.2) is 30.5 Å². The van der Waals surface area contributed by atoms with Crippen molar-refractivity contribution in [2.24, 2.45) is 13.0 Å². The van der Waals surface area contributed by atoms with Crippen molar-refractivity contribution in [2.45, 2.75) is 39.3 Å². The molecule has 0 bridgehead atoms. The van der Waals surface area contributed by atoms with Crippen LogP contribution in [0.25, 0.3) is 0 Å². The molecule has 1 aromatic heterocycles. The molecular formula is C18H22F3N3O. The van der Waals surface area contributed by atoms with Gasteiger partial charge in [-0.15, -0.1) is 0 Å². The Bertz CT molecular complexity index is 737. The van der Waals surface area contributed by atoms with Crippen molar-refractivity contribution in [2.75, 3.05) is 5.32 Å². The lowest BCUT2D eigenvalue weighted by atomic mass is 9.98. The Hall–Kier alpha value is -2.31. The number of carbonyl (C=O) groups excluding carboxylic acids is 1. The number of para-hydroxylation sites is 1. The minimum absolute atomic E-state index is 0.480. The average molecular weight is 353 g/mol. The van der Waals surface area contributed by atoms with E-state index in [2.05, 4.69) is 24.3 Å². The van der Waals surface area contributed by atoms with Crippen molar-refractivity contribution in [1.82, 2.24) is 9.78 Å². The van der Waals surface area contributed by atoms with Gasteiger partial charge < -0.3 is 5.32 Å². The van der Waals surface area contributed by atoms with Gasteiger partial charge >= 0.3 is 6.18 Å². The number of hydrogen-bond donors (Lipinski definition) is 1. The van der Waals surface area contributed by atoms with Crippen molar-refractivity contribution in [3.8, 4) is 0 Å². The Kier molecular flexibility index (Phi) is 5.87. The van der Waals surface area contributed by atoms with E-state index in [9.17, 15) is 18.0 Å². The molecule has 0 radical (unpaired) electrons. The Morgan fingerprint density at radius 2 is 2.00 bits per heavy atom. The highest BCUT2D eigenvalue weighted by molar-refractivity contribution is 6.05. The molecule has 2 rings (SSSR count). The maximum Gasteiger partial charge on any atom is 0.435 e. The number of rotatable bonds is 6. The zero-order valence-electron chi connectivity index (χ0n) is 14.5. The van der Waals surface area contributed by atoms with Gasteiger partial charge in [0, 0.05) is 18.9 Å². The fraction of sp³-hybridized carbons (Fsp3) is 0.444. The van der Waals surface area contributed by atoms with Gasteiger partial charge in [-0.3, -0.25) is 9.48 Å². The van der Waals surface area contributed by atoms with Gasteiger partial charge in [-0.2, -0.15) is 18.3 Å². The zero-order valence-corrected chi connectivity index (χ0v) is 14.5. The summed E-state index contributed by atoms with van der Waals surface area (Å²) in [6, 6.07) is 7.18. The second-order valence-electron chi connectivity index (χ2n) is 6.23. The number of amides is 1. The average Bonchev–Trinajstić information content (AvgIpc) is 2.96. The maximum absolute atomic E-state index is 13.0. The van der Waals surface area contributed by atoms with E-state index in [1.807, 2.05) is 12.1 Å². The van der Waals surface area contributed by atoms with Crippen molar-refractivity contribution < 1.29 is 18.0 Å². The number of halogens is 3. The highest BCUT2D eigenvalue weighted by Gasteiger charge is 2.39. The molecule has 25 heavy (non-hydrogen) atoms. The van der Waals surface area contributed by atoms with Gasteiger partial charge in [0.15, 0.2) is 5.69 Å². The minimum atomic E-state index is -4.68. The molecular weight excluding hydrogens is 331 g/mol. The van der Waals surface area contributed by atoms with Gasteiger partial charge in [-0.05, 0) is 30.4 Å². The Morgan fingerprint density at radius 1 is 1.32 bits per heavy atom. The van der Waals surface area contributed by atoms with Crippen LogP contribution in [0.2, 0.25) is 0 Å². The number of alkyl halides is 3. The van der Waals surface area contributed by atoms with Crippen LogP contribution in [-0.4, -0.2) is 15.7 Å². The second kappa shape index (κ2) is 7.72. The highest BCUT2D eigenvalue weighted by atomic mass is 19.4. The van der Waals surface area contributed by atoms with Crippen LogP contribution in [0, 0.1) is 5.92 Å². The number of nitrogens with zero attached hydrogens (tertiary/aromatic N) is 2. The predicted molar refractivity (Wildman–Crippen MR) is 90.4 cm³/mol. The molecule has 0 fully saturated rings. The van der Waals surface area contributed by atoms with Crippen LogP contribution >= 0.6 is 0 Å². The van der Waals surface area contributed by atoms with Crippen LogP contribution in [0.3, 0.4) is 0 Å². The lowest BCUT2D eigenvalue weighted by Gasteiger charge is -2.13. The maximum atomic E-state index is 13.0. The van der Waals surface area contributed by atoms with Crippen LogP contribution in [0.4, 0.5) is 18.9 Å². The molecule has 1 N–H and O–H groups in total. The van der Waals surface area contributed by atoms with Gasteiger partial charge in [0.2, 0.25) is 0 Å². The molecule has 0 saturated heterocycles. The van der Waals surface area contributed by atoms with Gasteiger partial charge in [0.1, 0.15) is 0 Å². The second-order valence-corrected chi connectivity index (χ2v) is 6.23. The van der Waals surface area contributed by atoms with E-state index in [0.717, 1.165) is 35.7 Å². The largest absolute Gasteiger partial charge is 0.435 e. The number of benzene rings is 1. The van der Waals surface area contributed by atoms with Gasteiger partial charge in [-0.25, -0.2) is 0 Å². The van der Waals surface area contributed by atoms with Crippen LogP contribution in [0.1, 0.15) is 48.3 Å². The fourth-order valence-corrected chi connectivity index (χ4v) is 2.52. The fourth-order valence-electron chi connectivity index (χ4n) is 2.52. The molecule has 7 heteroatoms. The number of hydrogen-bond acceptors (Lipinski definition) is 2. The van der Waals surface area contributed by atoms with Gasteiger partial charge in [-0.1, -0.05) is 38.5 Å². The van der Waals surface area contributed by atoms with Crippen molar-refractivity contribution in [1.29, 1.82) is 0 Å².